The van der Waals surface area contributed by atoms with Crippen molar-refractivity contribution in [1.82, 2.24) is 0 Å². The molecular formula is C26H14Br2S. The molecule has 0 nitrogen and oxygen atoms in total. The lowest BCUT2D eigenvalue weighted by Crippen LogP contribution is -1.85. The van der Waals surface area contributed by atoms with E-state index < -0.39 is 0 Å². The van der Waals surface area contributed by atoms with Crippen LogP contribution in [0.1, 0.15) is 0 Å². The fourth-order valence-electron chi connectivity index (χ4n) is 4.23. The summed E-state index contributed by atoms with van der Waals surface area (Å²) in [6.45, 7) is 0. The quantitative estimate of drug-likeness (QED) is 0.190. The van der Waals surface area contributed by atoms with Crippen LogP contribution in [0.15, 0.2) is 93.9 Å². The Kier molecular flexibility index (Phi) is 4.05. The van der Waals surface area contributed by atoms with Crippen molar-refractivity contribution in [2.45, 2.75) is 0 Å². The first kappa shape index (κ1) is 17.6. The largest absolute Gasteiger partial charge is 0.135 e. The average Bonchev–Trinajstić information content (AvgIpc) is 3.08. The van der Waals surface area contributed by atoms with Crippen LogP contribution in [-0.4, -0.2) is 0 Å². The van der Waals surface area contributed by atoms with Crippen molar-refractivity contribution in [2.24, 2.45) is 0 Å². The van der Waals surface area contributed by atoms with Crippen molar-refractivity contribution < 1.29 is 0 Å². The Balaban J connectivity index is 1.83. The van der Waals surface area contributed by atoms with Gasteiger partial charge in [0, 0.05) is 29.1 Å². The molecule has 6 rings (SSSR count). The molecule has 0 radical (unpaired) electrons. The summed E-state index contributed by atoms with van der Waals surface area (Å²) in [5.74, 6) is 0. The smallest absolute Gasteiger partial charge is 0.0366 e. The van der Waals surface area contributed by atoms with Gasteiger partial charge in [0.1, 0.15) is 0 Å². The molecule has 1 heterocycles. The summed E-state index contributed by atoms with van der Waals surface area (Å²) in [7, 11) is 0. The van der Waals surface area contributed by atoms with Crippen LogP contribution in [0.25, 0.3) is 52.8 Å². The first-order chi connectivity index (χ1) is 14.2. The van der Waals surface area contributed by atoms with Gasteiger partial charge in [-0.1, -0.05) is 74.3 Å². The van der Waals surface area contributed by atoms with Crippen molar-refractivity contribution in [1.29, 1.82) is 0 Å². The number of hydrogen-bond acceptors (Lipinski definition) is 1. The molecule has 6 aromatic rings. The summed E-state index contributed by atoms with van der Waals surface area (Å²) in [4.78, 5) is 0. The van der Waals surface area contributed by atoms with Gasteiger partial charge in [-0.3, -0.25) is 0 Å². The van der Waals surface area contributed by atoms with Gasteiger partial charge in [0.2, 0.25) is 0 Å². The molecule has 0 atom stereocenters. The highest BCUT2D eigenvalue weighted by atomic mass is 79.9. The van der Waals surface area contributed by atoms with Gasteiger partial charge in [-0.15, -0.1) is 11.3 Å². The molecular weight excluding hydrogens is 504 g/mol. The monoisotopic (exact) mass is 516 g/mol. The SMILES string of the molecule is Brc1ccc2c(c1)cc(-c1ccccc1)c1cc3c(cc12)sc1cc(Br)ccc13. The third-order valence-electron chi connectivity index (χ3n) is 5.55. The second-order valence-electron chi connectivity index (χ2n) is 7.29. The molecule has 0 N–H and O–H groups in total. The Bertz CT molecular complexity index is 1560. The minimum absolute atomic E-state index is 1.11. The van der Waals surface area contributed by atoms with Crippen molar-refractivity contribution in [3.8, 4) is 11.1 Å². The maximum absolute atomic E-state index is 3.64. The minimum atomic E-state index is 1.11. The third kappa shape index (κ3) is 2.83. The van der Waals surface area contributed by atoms with Crippen LogP contribution in [-0.2, 0) is 0 Å². The Morgan fingerprint density at radius 3 is 2.07 bits per heavy atom. The van der Waals surface area contributed by atoms with Gasteiger partial charge in [0.25, 0.3) is 0 Å². The summed E-state index contributed by atoms with van der Waals surface area (Å²) in [6, 6.07) is 31.0. The normalized spacial score (nSPS) is 11.8. The zero-order valence-corrected chi connectivity index (χ0v) is 19.2. The van der Waals surface area contributed by atoms with E-state index in [-0.39, 0.29) is 0 Å². The van der Waals surface area contributed by atoms with Crippen LogP contribution in [0.2, 0.25) is 0 Å². The van der Waals surface area contributed by atoms with Crippen molar-refractivity contribution in [3.63, 3.8) is 0 Å². The number of thiophene rings is 1. The lowest BCUT2D eigenvalue weighted by molar-refractivity contribution is 1.67. The Morgan fingerprint density at radius 1 is 0.517 bits per heavy atom. The highest BCUT2D eigenvalue weighted by Crippen LogP contribution is 2.42. The van der Waals surface area contributed by atoms with Crippen LogP contribution in [0.5, 0.6) is 0 Å². The van der Waals surface area contributed by atoms with E-state index in [0.29, 0.717) is 0 Å². The van der Waals surface area contributed by atoms with E-state index in [4.69, 9.17) is 0 Å². The highest BCUT2D eigenvalue weighted by molar-refractivity contribution is 9.10. The van der Waals surface area contributed by atoms with Gasteiger partial charge in [0.15, 0.2) is 0 Å². The molecule has 138 valence electrons. The maximum Gasteiger partial charge on any atom is 0.0366 e. The predicted molar refractivity (Wildman–Crippen MR) is 135 cm³/mol. The molecule has 0 unspecified atom stereocenters. The van der Waals surface area contributed by atoms with E-state index >= 15 is 0 Å². The molecule has 0 fully saturated rings. The number of benzene rings is 5. The van der Waals surface area contributed by atoms with Gasteiger partial charge in [0.05, 0.1) is 0 Å². The average molecular weight is 518 g/mol. The van der Waals surface area contributed by atoms with Gasteiger partial charge in [-0.05, 0) is 75.1 Å². The molecule has 0 aliphatic heterocycles. The molecule has 0 saturated heterocycles. The number of hydrogen-bond donors (Lipinski definition) is 0. The molecule has 29 heavy (non-hydrogen) atoms. The van der Waals surface area contributed by atoms with E-state index in [9.17, 15) is 0 Å². The van der Waals surface area contributed by atoms with E-state index in [1.807, 2.05) is 11.3 Å². The van der Waals surface area contributed by atoms with Gasteiger partial charge in [-0.2, -0.15) is 0 Å². The first-order valence-corrected chi connectivity index (χ1v) is 11.8. The zero-order valence-electron chi connectivity index (χ0n) is 15.2. The Morgan fingerprint density at radius 2 is 1.24 bits per heavy atom. The maximum atomic E-state index is 3.64. The molecule has 3 heteroatoms. The van der Waals surface area contributed by atoms with Crippen molar-refractivity contribution in [2.75, 3.05) is 0 Å². The first-order valence-electron chi connectivity index (χ1n) is 9.41. The van der Waals surface area contributed by atoms with E-state index in [2.05, 4.69) is 117 Å². The van der Waals surface area contributed by atoms with E-state index in [1.165, 1.54) is 52.8 Å². The summed E-state index contributed by atoms with van der Waals surface area (Å²) >= 11 is 9.13. The molecule has 0 aliphatic rings. The Labute approximate surface area is 189 Å². The molecule has 0 amide bonds. The van der Waals surface area contributed by atoms with Gasteiger partial charge < -0.3 is 0 Å². The second-order valence-corrected chi connectivity index (χ2v) is 10.2. The Hall–Kier alpha value is -2.20. The molecule has 0 aliphatic carbocycles. The summed E-state index contributed by atoms with van der Waals surface area (Å²) in [6.07, 6.45) is 0. The fourth-order valence-corrected chi connectivity index (χ4v) is 6.29. The predicted octanol–water partition coefficient (Wildman–Crippen LogP) is 9.55. The van der Waals surface area contributed by atoms with Gasteiger partial charge >= 0.3 is 0 Å². The van der Waals surface area contributed by atoms with Gasteiger partial charge in [-0.25, -0.2) is 0 Å². The summed E-state index contributed by atoms with van der Waals surface area (Å²) in [5.41, 5.74) is 2.53. The van der Waals surface area contributed by atoms with Crippen LogP contribution >= 0.6 is 43.2 Å². The highest BCUT2D eigenvalue weighted by Gasteiger charge is 2.13. The lowest BCUT2D eigenvalue weighted by Gasteiger charge is -2.12. The van der Waals surface area contributed by atoms with Crippen LogP contribution in [0.4, 0.5) is 0 Å². The second kappa shape index (κ2) is 6.66. The number of rotatable bonds is 1. The van der Waals surface area contributed by atoms with Crippen LogP contribution < -0.4 is 0 Å². The lowest BCUT2D eigenvalue weighted by atomic mass is 9.92. The fraction of sp³-hybridized carbons (Fsp3) is 0. The molecule has 0 bridgehead atoms. The third-order valence-corrected chi connectivity index (χ3v) is 7.65. The molecule has 0 saturated carbocycles. The summed E-state index contributed by atoms with van der Waals surface area (Å²) < 4.78 is 4.88. The molecule has 1 aromatic heterocycles. The molecule has 5 aromatic carbocycles. The van der Waals surface area contributed by atoms with E-state index in [0.717, 1.165) is 8.95 Å². The van der Waals surface area contributed by atoms with Crippen LogP contribution in [0, 0.1) is 0 Å². The summed E-state index contributed by atoms with van der Waals surface area (Å²) in [5, 5.41) is 7.83. The molecule has 0 spiro atoms. The van der Waals surface area contributed by atoms with Crippen LogP contribution in [0.3, 0.4) is 0 Å². The number of halogens is 2. The van der Waals surface area contributed by atoms with E-state index in [1.54, 1.807) is 0 Å². The topological polar surface area (TPSA) is 0 Å². The van der Waals surface area contributed by atoms with Crippen molar-refractivity contribution >= 4 is 84.9 Å². The minimum Gasteiger partial charge on any atom is -0.135 e. The standard InChI is InChI=1S/C26H14Br2S/c27-17-6-8-19-16(10-17)11-21(15-4-2-1-3-5-15)22-13-24-20-9-7-18(28)12-25(20)29-26(24)14-23(19)22/h1-14H. The van der Waals surface area contributed by atoms with Crippen molar-refractivity contribution in [3.05, 3.63) is 93.9 Å². The zero-order chi connectivity index (χ0) is 19.5. The number of fused-ring (bicyclic) bond motifs is 6.